The second-order valence-electron chi connectivity index (χ2n) is 7.83. The van der Waals surface area contributed by atoms with Crippen LogP contribution in [0.2, 0.25) is 0 Å². The molecule has 1 unspecified atom stereocenters. The quantitative estimate of drug-likeness (QED) is 0.653. The second kappa shape index (κ2) is 6.96. The Hall–Kier alpha value is -1.59. The van der Waals surface area contributed by atoms with Gasteiger partial charge in [-0.15, -0.1) is 0 Å². The van der Waals surface area contributed by atoms with E-state index < -0.39 is 0 Å². The highest BCUT2D eigenvalue weighted by atomic mass is 16.7. The van der Waals surface area contributed by atoms with E-state index in [4.69, 9.17) is 15.2 Å². The van der Waals surface area contributed by atoms with Gasteiger partial charge >= 0.3 is 0 Å². The van der Waals surface area contributed by atoms with Gasteiger partial charge in [0, 0.05) is 18.5 Å². The van der Waals surface area contributed by atoms with E-state index in [1.165, 1.54) is 36.8 Å². The maximum absolute atomic E-state index is 6.19. The SMILES string of the molecule is CC1CCC2(CC1)OCC(CN=C(N)Nc1ccc3c(c1)CCC3)O2. The summed E-state index contributed by atoms with van der Waals surface area (Å²) in [4.78, 5) is 4.47. The van der Waals surface area contributed by atoms with Gasteiger partial charge in [0.2, 0.25) is 0 Å². The van der Waals surface area contributed by atoms with Gasteiger partial charge in [-0.1, -0.05) is 13.0 Å². The first-order valence-corrected chi connectivity index (χ1v) is 9.62. The van der Waals surface area contributed by atoms with Gasteiger partial charge < -0.3 is 20.5 Å². The van der Waals surface area contributed by atoms with Crippen molar-refractivity contribution in [3.63, 3.8) is 0 Å². The molecule has 0 aromatic heterocycles. The number of ether oxygens (including phenoxy) is 2. The molecule has 2 aliphatic carbocycles. The number of benzene rings is 1. The number of anilines is 1. The molecule has 0 amide bonds. The lowest BCUT2D eigenvalue weighted by Gasteiger charge is -2.34. The lowest BCUT2D eigenvalue weighted by molar-refractivity contribution is -0.190. The van der Waals surface area contributed by atoms with Gasteiger partial charge in [0.1, 0.15) is 6.10 Å². The van der Waals surface area contributed by atoms with E-state index in [0.717, 1.165) is 30.9 Å². The van der Waals surface area contributed by atoms with E-state index in [0.29, 0.717) is 19.1 Å². The Morgan fingerprint density at radius 1 is 1.28 bits per heavy atom. The van der Waals surface area contributed by atoms with Crippen molar-refractivity contribution < 1.29 is 9.47 Å². The molecule has 25 heavy (non-hydrogen) atoms. The fourth-order valence-corrected chi connectivity index (χ4v) is 4.21. The van der Waals surface area contributed by atoms with Crippen molar-refractivity contribution in [3.05, 3.63) is 29.3 Å². The summed E-state index contributed by atoms with van der Waals surface area (Å²) in [5, 5.41) is 3.20. The molecule has 1 atom stereocenters. The van der Waals surface area contributed by atoms with E-state index in [1.54, 1.807) is 0 Å². The Kier molecular flexibility index (Phi) is 4.69. The van der Waals surface area contributed by atoms with Crippen LogP contribution in [-0.2, 0) is 22.3 Å². The average Bonchev–Trinajstić information content (AvgIpc) is 3.23. The van der Waals surface area contributed by atoms with Crippen molar-refractivity contribution in [2.75, 3.05) is 18.5 Å². The molecule has 3 aliphatic rings. The van der Waals surface area contributed by atoms with Crippen molar-refractivity contribution in [2.24, 2.45) is 16.6 Å². The van der Waals surface area contributed by atoms with Crippen LogP contribution in [0.1, 0.15) is 50.2 Å². The van der Waals surface area contributed by atoms with Gasteiger partial charge in [0.25, 0.3) is 0 Å². The zero-order valence-electron chi connectivity index (χ0n) is 15.1. The smallest absolute Gasteiger partial charge is 0.193 e. The third-order valence-corrected chi connectivity index (χ3v) is 5.79. The van der Waals surface area contributed by atoms with Crippen LogP contribution in [-0.4, -0.2) is 31.0 Å². The molecule has 1 spiro atoms. The highest BCUT2D eigenvalue weighted by Gasteiger charge is 2.43. The molecule has 0 bridgehead atoms. The summed E-state index contributed by atoms with van der Waals surface area (Å²) in [6.45, 7) is 3.46. The Labute approximate surface area is 150 Å². The number of hydrogen-bond acceptors (Lipinski definition) is 3. The summed E-state index contributed by atoms with van der Waals surface area (Å²) in [7, 11) is 0. The molecular formula is C20H29N3O2. The molecule has 1 saturated carbocycles. The van der Waals surface area contributed by atoms with Crippen LogP contribution in [0.3, 0.4) is 0 Å². The zero-order valence-corrected chi connectivity index (χ0v) is 15.1. The van der Waals surface area contributed by atoms with E-state index in [1.807, 2.05) is 0 Å². The maximum atomic E-state index is 6.19. The monoisotopic (exact) mass is 343 g/mol. The third-order valence-electron chi connectivity index (χ3n) is 5.79. The number of aliphatic imine (C=N–C) groups is 1. The lowest BCUT2D eigenvalue weighted by atomic mass is 9.86. The number of fused-ring (bicyclic) bond motifs is 1. The molecular weight excluding hydrogens is 314 g/mol. The third kappa shape index (κ3) is 3.82. The summed E-state index contributed by atoms with van der Waals surface area (Å²) in [6, 6.07) is 6.47. The molecule has 1 saturated heterocycles. The van der Waals surface area contributed by atoms with Gasteiger partial charge in [0.05, 0.1) is 13.2 Å². The van der Waals surface area contributed by atoms with Crippen molar-refractivity contribution in [3.8, 4) is 0 Å². The van der Waals surface area contributed by atoms with Crippen LogP contribution in [0, 0.1) is 5.92 Å². The number of nitrogens with zero attached hydrogens (tertiary/aromatic N) is 1. The molecule has 1 aromatic rings. The van der Waals surface area contributed by atoms with Crippen molar-refractivity contribution in [1.29, 1.82) is 0 Å². The van der Waals surface area contributed by atoms with Crippen molar-refractivity contribution in [2.45, 2.75) is 63.8 Å². The molecule has 2 fully saturated rings. The Balaban J connectivity index is 1.30. The molecule has 0 radical (unpaired) electrons. The first-order valence-electron chi connectivity index (χ1n) is 9.62. The van der Waals surface area contributed by atoms with Crippen LogP contribution in [0.4, 0.5) is 5.69 Å². The van der Waals surface area contributed by atoms with Crippen LogP contribution in [0.15, 0.2) is 23.2 Å². The fourth-order valence-electron chi connectivity index (χ4n) is 4.21. The minimum Gasteiger partial charge on any atom is -0.370 e. The number of nitrogens with one attached hydrogen (secondary N) is 1. The Morgan fingerprint density at radius 2 is 2.08 bits per heavy atom. The van der Waals surface area contributed by atoms with E-state index in [-0.39, 0.29) is 11.9 Å². The minimum absolute atomic E-state index is 0.00813. The summed E-state index contributed by atoms with van der Waals surface area (Å²) >= 11 is 0. The Morgan fingerprint density at radius 3 is 2.92 bits per heavy atom. The maximum Gasteiger partial charge on any atom is 0.193 e. The van der Waals surface area contributed by atoms with Crippen molar-refractivity contribution >= 4 is 11.6 Å². The normalized spacial score (nSPS) is 32.1. The largest absolute Gasteiger partial charge is 0.370 e. The minimum atomic E-state index is -0.352. The predicted octanol–water partition coefficient (Wildman–Crippen LogP) is 3.22. The van der Waals surface area contributed by atoms with Gasteiger partial charge in [-0.05, 0) is 61.3 Å². The average molecular weight is 343 g/mol. The van der Waals surface area contributed by atoms with E-state index >= 15 is 0 Å². The second-order valence-corrected chi connectivity index (χ2v) is 7.83. The van der Waals surface area contributed by atoms with Gasteiger partial charge in [-0.3, -0.25) is 4.99 Å². The summed E-state index contributed by atoms with van der Waals surface area (Å²) in [6.07, 6.45) is 7.97. The Bertz CT molecular complexity index is 650. The van der Waals surface area contributed by atoms with Crippen molar-refractivity contribution in [1.82, 2.24) is 0 Å². The first kappa shape index (κ1) is 16.9. The fraction of sp³-hybridized carbons (Fsp3) is 0.650. The van der Waals surface area contributed by atoms with Crippen LogP contribution >= 0.6 is 0 Å². The first-order chi connectivity index (χ1) is 12.1. The molecule has 1 aromatic carbocycles. The zero-order chi connectivity index (χ0) is 17.3. The molecule has 5 nitrogen and oxygen atoms in total. The lowest BCUT2D eigenvalue weighted by Crippen LogP contribution is -2.35. The van der Waals surface area contributed by atoms with E-state index in [2.05, 4.69) is 35.4 Å². The summed E-state index contributed by atoms with van der Waals surface area (Å²) < 4.78 is 12.2. The molecule has 136 valence electrons. The molecule has 5 heteroatoms. The highest BCUT2D eigenvalue weighted by molar-refractivity contribution is 5.92. The topological polar surface area (TPSA) is 68.9 Å². The standard InChI is InChI=1S/C20H29N3O2/c1-14-7-9-20(10-8-14)24-13-18(25-20)12-22-19(21)23-17-6-5-15-3-2-4-16(15)11-17/h5-6,11,14,18H,2-4,7-10,12-13H2,1H3,(H3,21,22,23). The predicted molar refractivity (Wildman–Crippen MR) is 99.8 cm³/mol. The number of hydrogen-bond donors (Lipinski definition) is 2. The molecule has 4 rings (SSSR count). The van der Waals surface area contributed by atoms with Gasteiger partial charge in [-0.2, -0.15) is 0 Å². The van der Waals surface area contributed by atoms with Crippen LogP contribution in [0.5, 0.6) is 0 Å². The molecule has 1 aliphatic heterocycles. The number of rotatable bonds is 3. The van der Waals surface area contributed by atoms with Crippen LogP contribution in [0.25, 0.3) is 0 Å². The molecule has 3 N–H and O–H groups in total. The van der Waals surface area contributed by atoms with Gasteiger partial charge in [0.15, 0.2) is 11.7 Å². The summed E-state index contributed by atoms with van der Waals surface area (Å²) in [5.41, 5.74) is 9.97. The van der Waals surface area contributed by atoms with E-state index in [9.17, 15) is 0 Å². The van der Waals surface area contributed by atoms with Crippen LogP contribution < -0.4 is 11.1 Å². The number of aryl methyl sites for hydroxylation is 2. The summed E-state index contributed by atoms with van der Waals surface area (Å²) in [5.74, 6) is 0.872. The number of nitrogens with two attached hydrogens (primary N) is 1. The number of guanidine groups is 1. The van der Waals surface area contributed by atoms with Gasteiger partial charge in [-0.25, -0.2) is 0 Å². The highest BCUT2D eigenvalue weighted by Crippen LogP contribution is 2.39. The molecule has 1 heterocycles.